The number of rotatable bonds is 5. The van der Waals surface area contributed by atoms with E-state index in [-0.39, 0.29) is 24.7 Å². The normalized spacial score (nSPS) is 20.6. The van der Waals surface area contributed by atoms with E-state index in [9.17, 15) is 18.0 Å². The van der Waals surface area contributed by atoms with Crippen molar-refractivity contribution in [2.24, 2.45) is 0 Å². The Labute approximate surface area is 119 Å². The predicted molar refractivity (Wildman–Crippen MR) is 73.8 cm³/mol. The van der Waals surface area contributed by atoms with Gasteiger partial charge in [0.1, 0.15) is 0 Å². The second kappa shape index (κ2) is 7.03. The lowest BCUT2D eigenvalue weighted by molar-refractivity contribution is -0.153. The van der Waals surface area contributed by atoms with E-state index in [1.54, 1.807) is 13.8 Å². The number of carbonyl (C=O) groups excluding carboxylic acids is 2. The Balaban J connectivity index is 2.79. The van der Waals surface area contributed by atoms with Gasteiger partial charge in [-0.2, -0.15) is 0 Å². The van der Waals surface area contributed by atoms with Crippen LogP contribution in [0, 0.1) is 0 Å². The van der Waals surface area contributed by atoms with E-state index in [0.29, 0.717) is 19.5 Å². The predicted octanol–water partition coefficient (Wildman–Crippen LogP) is -1.14. The van der Waals surface area contributed by atoms with Crippen molar-refractivity contribution in [3.63, 3.8) is 0 Å². The fourth-order valence-corrected chi connectivity index (χ4v) is 4.10. The third-order valence-corrected chi connectivity index (χ3v) is 5.22. The van der Waals surface area contributed by atoms with E-state index in [1.165, 1.54) is 9.80 Å². The van der Waals surface area contributed by atoms with E-state index in [2.05, 4.69) is 0 Å². The molecule has 0 saturated carbocycles. The maximum Gasteiger partial charge on any atom is 0.312 e. The summed E-state index contributed by atoms with van der Waals surface area (Å²) in [6.45, 7) is 3.95. The molecule has 1 fully saturated rings. The molecule has 1 heterocycles. The molecule has 0 aliphatic carbocycles. The summed E-state index contributed by atoms with van der Waals surface area (Å²) in [4.78, 5) is 26.8. The van der Waals surface area contributed by atoms with Crippen molar-refractivity contribution < 1.29 is 23.1 Å². The van der Waals surface area contributed by atoms with Crippen molar-refractivity contribution >= 4 is 21.7 Å². The molecule has 1 aliphatic rings. The topological polar surface area (TPSA) is 95.0 Å². The number of aliphatic hydroxyl groups is 1. The molecule has 1 rings (SSSR count). The number of amides is 2. The van der Waals surface area contributed by atoms with Crippen LogP contribution in [0.2, 0.25) is 0 Å². The summed E-state index contributed by atoms with van der Waals surface area (Å²) < 4.78 is 23.0. The summed E-state index contributed by atoms with van der Waals surface area (Å²) in [5.41, 5.74) is 0. The SMILES string of the molecule is CCN(CCO)C(=O)C(=O)N(CC)C1CCS(=O)(=O)C1. The van der Waals surface area contributed by atoms with Gasteiger partial charge in [0, 0.05) is 25.7 Å². The van der Waals surface area contributed by atoms with Gasteiger partial charge in [-0.25, -0.2) is 8.42 Å². The summed E-state index contributed by atoms with van der Waals surface area (Å²) in [6.07, 6.45) is 0.376. The van der Waals surface area contributed by atoms with Gasteiger partial charge in [0.15, 0.2) is 9.84 Å². The van der Waals surface area contributed by atoms with Crippen LogP contribution in [0.5, 0.6) is 0 Å². The number of sulfone groups is 1. The fraction of sp³-hybridized carbons (Fsp3) is 0.833. The van der Waals surface area contributed by atoms with Gasteiger partial charge in [0.25, 0.3) is 0 Å². The molecule has 0 aromatic heterocycles. The van der Waals surface area contributed by atoms with E-state index < -0.39 is 27.7 Å². The minimum Gasteiger partial charge on any atom is -0.395 e. The summed E-state index contributed by atoms with van der Waals surface area (Å²) in [5.74, 6) is -1.40. The lowest BCUT2D eigenvalue weighted by Crippen LogP contribution is -2.50. The highest BCUT2D eigenvalue weighted by molar-refractivity contribution is 7.91. The summed E-state index contributed by atoms with van der Waals surface area (Å²) in [7, 11) is -3.10. The van der Waals surface area contributed by atoms with Gasteiger partial charge in [-0.3, -0.25) is 9.59 Å². The van der Waals surface area contributed by atoms with Gasteiger partial charge in [0.05, 0.1) is 18.1 Å². The summed E-state index contributed by atoms with van der Waals surface area (Å²) >= 11 is 0. The zero-order chi connectivity index (χ0) is 15.3. The maximum absolute atomic E-state index is 12.2. The molecular formula is C12H22N2O5S. The molecule has 0 aromatic rings. The number of nitrogens with zero attached hydrogens (tertiary/aromatic N) is 2. The van der Waals surface area contributed by atoms with Crippen molar-refractivity contribution in [2.45, 2.75) is 26.3 Å². The number of hydrogen-bond donors (Lipinski definition) is 1. The van der Waals surface area contributed by atoms with E-state index in [4.69, 9.17) is 5.11 Å². The second-order valence-corrected chi connectivity index (χ2v) is 6.99. The van der Waals surface area contributed by atoms with Gasteiger partial charge in [-0.05, 0) is 20.3 Å². The van der Waals surface area contributed by atoms with Crippen LogP contribution in [0.4, 0.5) is 0 Å². The molecular weight excluding hydrogens is 284 g/mol. The van der Waals surface area contributed by atoms with Crippen molar-refractivity contribution in [1.82, 2.24) is 9.80 Å². The minimum absolute atomic E-state index is 0.0593. The maximum atomic E-state index is 12.2. The summed E-state index contributed by atoms with van der Waals surface area (Å²) in [6, 6.07) is -0.422. The first-order chi connectivity index (χ1) is 9.36. The smallest absolute Gasteiger partial charge is 0.312 e. The number of likely N-dealkylation sites (N-methyl/N-ethyl adjacent to an activating group) is 2. The average Bonchev–Trinajstić information content (AvgIpc) is 2.76. The molecule has 1 unspecified atom stereocenters. The Hall–Kier alpha value is -1.15. The van der Waals surface area contributed by atoms with E-state index in [0.717, 1.165) is 0 Å². The molecule has 7 nitrogen and oxygen atoms in total. The summed E-state index contributed by atoms with van der Waals surface area (Å²) in [5, 5.41) is 8.88. The van der Waals surface area contributed by atoms with Crippen LogP contribution in [0.1, 0.15) is 20.3 Å². The first-order valence-electron chi connectivity index (χ1n) is 6.77. The molecule has 1 aliphatic heterocycles. The molecule has 116 valence electrons. The molecule has 20 heavy (non-hydrogen) atoms. The minimum atomic E-state index is -3.10. The van der Waals surface area contributed by atoms with Crippen molar-refractivity contribution in [1.29, 1.82) is 0 Å². The first kappa shape index (κ1) is 16.9. The molecule has 1 saturated heterocycles. The Kier molecular flexibility index (Phi) is 5.94. The Bertz CT molecular complexity index is 462. The third kappa shape index (κ3) is 3.92. The van der Waals surface area contributed by atoms with Gasteiger partial charge in [-0.15, -0.1) is 0 Å². The quantitative estimate of drug-likeness (QED) is 0.648. The van der Waals surface area contributed by atoms with Crippen LogP contribution in [0.15, 0.2) is 0 Å². The highest BCUT2D eigenvalue weighted by Gasteiger charge is 2.36. The molecule has 0 bridgehead atoms. The highest BCUT2D eigenvalue weighted by Crippen LogP contribution is 2.18. The zero-order valence-electron chi connectivity index (χ0n) is 11.9. The van der Waals surface area contributed by atoms with Crippen LogP contribution in [-0.2, 0) is 19.4 Å². The Morgan fingerprint density at radius 1 is 1.20 bits per heavy atom. The van der Waals surface area contributed by atoms with Crippen LogP contribution in [0.25, 0.3) is 0 Å². The monoisotopic (exact) mass is 306 g/mol. The van der Waals surface area contributed by atoms with Gasteiger partial charge >= 0.3 is 11.8 Å². The molecule has 8 heteroatoms. The van der Waals surface area contributed by atoms with Crippen LogP contribution < -0.4 is 0 Å². The molecule has 1 atom stereocenters. The standard InChI is InChI=1S/C12H22N2O5S/c1-3-13(6-7-15)11(16)12(17)14(4-2)10-5-8-20(18,19)9-10/h10,15H,3-9H2,1-2H3. The lowest BCUT2D eigenvalue weighted by Gasteiger charge is -2.29. The number of hydrogen-bond acceptors (Lipinski definition) is 5. The zero-order valence-corrected chi connectivity index (χ0v) is 12.7. The largest absolute Gasteiger partial charge is 0.395 e. The Morgan fingerprint density at radius 3 is 2.25 bits per heavy atom. The van der Waals surface area contributed by atoms with Gasteiger partial charge < -0.3 is 14.9 Å². The number of carbonyl (C=O) groups is 2. The first-order valence-corrected chi connectivity index (χ1v) is 8.59. The average molecular weight is 306 g/mol. The van der Waals surface area contributed by atoms with Crippen molar-refractivity contribution in [2.75, 3.05) is 37.7 Å². The fourth-order valence-electron chi connectivity index (χ4n) is 2.37. The van der Waals surface area contributed by atoms with Gasteiger partial charge in [-0.1, -0.05) is 0 Å². The van der Waals surface area contributed by atoms with Crippen LogP contribution in [0.3, 0.4) is 0 Å². The molecule has 2 amide bonds. The molecule has 1 N–H and O–H groups in total. The Morgan fingerprint density at radius 2 is 1.85 bits per heavy atom. The second-order valence-electron chi connectivity index (χ2n) is 4.76. The van der Waals surface area contributed by atoms with Gasteiger partial charge in [0.2, 0.25) is 0 Å². The van der Waals surface area contributed by atoms with Crippen LogP contribution in [-0.4, -0.2) is 78.9 Å². The molecule has 0 radical (unpaired) electrons. The third-order valence-electron chi connectivity index (χ3n) is 3.47. The van der Waals surface area contributed by atoms with Crippen molar-refractivity contribution in [3.05, 3.63) is 0 Å². The van der Waals surface area contributed by atoms with Crippen LogP contribution >= 0.6 is 0 Å². The van der Waals surface area contributed by atoms with Crippen molar-refractivity contribution in [3.8, 4) is 0 Å². The van der Waals surface area contributed by atoms with E-state index >= 15 is 0 Å². The molecule has 0 aromatic carbocycles. The highest BCUT2D eigenvalue weighted by atomic mass is 32.2. The molecule has 0 spiro atoms. The lowest BCUT2D eigenvalue weighted by atomic mass is 10.2. The number of aliphatic hydroxyl groups excluding tert-OH is 1. The van der Waals surface area contributed by atoms with E-state index in [1.807, 2.05) is 0 Å².